The second-order valence-electron chi connectivity index (χ2n) is 6.73. The van der Waals surface area contributed by atoms with Crippen LogP contribution in [0.15, 0.2) is 12.1 Å². The second kappa shape index (κ2) is 6.51. The Bertz CT molecular complexity index is 840. The predicted octanol–water partition coefficient (Wildman–Crippen LogP) is 3.48. The van der Waals surface area contributed by atoms with E-state index in [0.29, 0.717) is 23.8 Å². The standard InChI is InChI=1S/C18H22N4O4/c1-3-8-26-18-13(22(23)24)9-12(10-14(18)25-2)16-17-15(19-20-16)11-4-6-21(17)7-5-11/h9-11H,3-8H2,1-2H3,(H,19,20). The van der Waals surface area contributed by atoms with Crippen molar-refractivity contribution in [2.75, 3.05) is 31.7 Å². The summed E-state index contributed by atoms with van der Waals surface area (Å²) in [5, 5.41) is 19.3. The van der Waals surface area contributed by atoms with E-state index in [0.717, 1.165) is 49.4 Å². The third kappa shape index (κ3) is 2.56. The van der Waals surface area contributed by atoms with E-state index in [1.165, 1.54) is 13.2 Å². The lowest BCUT2D eigenvalue weighted by Crippen LogP contribution is -2.38. The number of ether oxygens (including phenoxy) is 2. The molecule has 0 saturated carbocycles. The summed E-state index contributed by atoms with van der Waals surface area (Å²) < 4.78 is 11.0. The number of nitrogens with zero attached hydrogens (tertiary/aromatic N) is 3. The molecule has 1 aromatic carbocycles. The third-order valence-corrected chi connectivity index (χ3v) is 5.16. The summed E-state index contributed by atoms with van der Waals surface area (Å²) in [6.45, 7) is 4.35. The van der Waals surface area contributed by atoms with Crippen molar-refractivity contribution in [3.05, 3.63) is 27.9 Å². The van der Waals surface area contributed by atoms with Crippen molar-refractivity contribution < 1.29 is 14.4 Å². The summed E-state index contributed by atoms with van der Waals surface area (Å²) in [6, 6.07) is 3.31. The monoisotopic (exact) mass is 358 g/mol. The summed E-state index contributed by atoms with van der Waals surface area (Å²) >= 11 is 0. The van der Waals surface area contributed by atoms with Gasteiger partial charge in [-0.15, -0.1) is 0 Å². The van der Waals surface area contributed by atoms with Crippen molar-refractivity contribution >= 4 is 11.4 Å². The van der Waals surface area contributed by atoms with Crippen LogP contribution in [0.25, 0.3) is 11.3 Å². The zero-order valence-corrected chi connectivity index (χ0v) is 14.9. The predicted molar refractivity (Wildman–Crippen MR) is 97.2 cm³/mol. The van der Waals surface area contributed by atoms with Crippen molar-refractivity contribution in [3.63, 3.8) is 0 Å². The van der Waals surface area contributed by atoms with Gasteiger partial charge in [-0.1, -0.05) is 6.92 Å². The first-order valence-corrected chi connectivity index (χ1v) is 8.96. The van der Waals surface area contributed by atoms with Crippen LogP contribution in [-0.4, -0.2) is 41.9 Å². The molecule has 0 atom stereocenters. The van der Waals surface area contributed by atoms with Crippen molar-refractivity contribution in [1.82, 2.24) is 10.2 Å². The molecular formula is C18H22N4O4. The van der Waals surface area contributed by atoms with Crippen LogP contribution in [-0.2, 0) is 0 Å². The molecule has 1 saturated heterocycles. The minimum atomic E-state index is -0.428. The quantitative estimate of drug-likeness (QED) is 0.628. The van der Waals surface area contributed by atoms with Crippen LogP contribution < -0.4 is 14.4 Å². The molecule has 138 valence electrons. The summed E-state index contributed by atoms with van der Waals surface area (Å²) in [5.41, 5.74) is 3.53. The van der Waals surface area contributed by atoms with Gasteiger partial charge in [-0.2, -0.15) is 5.10 Å². The smallest absolute Gasteiger partial charge is 0.315 e. The Morgan fingerprint density at radius 2 is 2.15 bits per heavy atom. The highest BCUT2D eigenvalue weighted by Crippen LogP contribution is 2.48. The van der Waals surface area contributed by atoms with Crippen molar-refractivity contribution in [2.24, 2.45) is 0 Å². The highest BCUT2D eigenvalue weighted by Gasteiger charge is 2.36. The maximum atomic E-state index is 11.6. The molecule has 0 aliphatic carbocycles. The largest absolute Gasteiger partial charge is 0.493 e. The number of aromatic nitrogens is 2. The summed E-state index contributed by atoms with van der Waals surface area (Å²) in [6.07, 6.45) is 3.01. The fourth-order valence-electron chi connectivity index (χ4n) is 3.91. The van der Waals surface area contributed by atoms with Gasteiger partial charge >= 0.3 is 5.69 Å². The molecule has 1 N–H and O–H groups in total. The highest BCUT2D eigenvalue weighted by atomic mass is 16.6. The molecule has 0 radical (unpaired) electrons. The topological polar surface area (TPSA) is 93.5 Å². The van der Waals surface area contributed by atoms with E-state index in [9.17, 15) is 10.1 Å². The van der Waals surface area contributed by atoms with E-state index < -0.39 is 4.92 Å². The number of nitrogens with one attached hydrogen (secondary N) is 1. The highest BCUT2D eigenvalue weighted by molar-refractivity contribution is 5.82. The van der Waals surface area contributed by atoms with E-state index in [1.54, 1.807) is 6.07 Å². The van der Waals surface area contributed by atoms with Crippen LogP contribution in [0.3, 0.4) is 0 Å². The Hall–Kier alpha value is -2.77. The first kappa shape index (κ1) is 16.7. The molecule has 0 amide bonds. The fraction of sp³-hybridized carbons (Fsp3) is 0.500. The van der Waals surface area contributed by atoms with Crippen molar-refractivity contribution in [3.8, 4) is 22.8 Å². The molecule has 8 heteroatoms. The van der Waals surface area contributed by atoms with Gasteiger partial charge < -0.3 is 14.4 Å². The number of hydrogen-bond donors (Lipinski definition) is 1. The Labute approximate surface area is 151 Å². The SMILES string of the molecule is CCCOc1c(OC)cc(-c2n[nH]c3c2N2CCC3CC2)cc1[N+](=O)[O-]. The van der Waals surface area contributed by atoms with Gasteiger partial charge in [-0.05, 0) is 25.3 Å². The van der Waals surface area contributed by atoms with Gasteiger partial charge in [0.25, 0.3) is 0 Å². The third-order valence-electron chi connectivity index (χ3n) is 5.16. The molecule has 2 aromatic rings. The first-order chi connectivity index (χ1) is 12.6. The van der Waals surface area contributed by atoms with Crippen LogP contribution in [0.5, 0.6) is 11.5 Å². The van der Waals surface area contributed by atoms with Crippen LogP contribution in [0.4, 0.5) is 11.4 Å². The molecule has 3 aliphatic rings. The van der Waals surface area contributed by atoms with E-state index in [2.05, 4.69) is 15.1 Å². The number of fused-ring (bicyclic) bond motifs is 2. The molecule has 8 nitrogen and oxygen atoms in total. The fourth-order valence-corrected chi connectivity index (χ4v) is 3.91. The van der Waals surface area contributed by atoms with Gasteiger partial charge in [0.05, 0.1) is 30.0 Å². The first-order valence-electron chi connectivity index (χ1n) is 8.96. The Morgan fingerprint density at radius 1 is 1.38 bits per heavy atom. The van der Waals surface area contributed by atoms with Crippen molar-refractivity contribution in [1.29, 1.82) is 0 Å². The average molecular weight is 358 g/mol. The normalized spacial score (nSPS) is 15.8. The number of H-pyrrole nitrogens is 1. The Morgan fingerprint density at radius 3 is 2.81 bits per heavy atom. The Kier molecular flexibility index (Phi) is 4.18. The number of nitro benzene ring substituents is 1. The average Bonchev–Trinajstić information content (AvgIpc) is 3.14. The molecule has 2 bridgehead atoms. The lowest BCUT2D eigenvalue weighted by molar-refractivity contribution is -0.385. The number of rotatable bonds is 6. The maximum absolute atomic E-state index is 11.6. The molecule has 4 heterocycles. The Balaban J connectivity index is 1.83. The van der Waals surface area contributed by atoms with Gasteiger partial charge in [0.15, 0.2) is 5.75 Å². The van der Waals surface area contributed by atoms with Gasteiger partial charge in [-0.3, -0.25) is 15.2 Å². The molecule has 3 aliphatic heterocycles. The van der Waals surface area contributed by atoms with E-state index in [4.69, 9.17) is 9.47 Å². The molecular weight excluding hydrogens is 336 g/mol. The molecule has 1 aromatic heterocycles. The zero-order valence-electron chi connectivity index (χ0n) is 14.9. The minimum absolute atomic E-state index is 0.0967. The number of anilines is 1. The van der Waals surface area contributed by atoms with Gasteiger partial charge in [0.2, 0.25) is 5.75 Å². The van der Waals surface area contributed by atoms with Crippen molar-refractivity contribution in [2.45, 2.75) is 32.1 Å². The number of aromatic amines is 1. The summed E-state index contributed by atoms with van der Waals surface area (Å²) in [7, 11) is 1.49. The molecule has 1 fully saturated rings. The number of nitro groups is 1. The second-order valence-corrected chi connectivity index (χ2v) is 6.73. The van der Waals surface area contributed by atoms with Gasteiger partial charge in [0, 0.05) is 30.6 Å². The van der Waals surface area contributed by atoms with E-state index >= 15 is 0 Å². The lowest BCUT2D eigenvalue weighted by atomic mass is 9.86. The molecule has 5 rings (SSSR count). The summed E-state index contributed by atoms with van der Waals surface area (Å²) in [5.74, 6) is 1.03. The van der Waals surface area contributed by atoms with Gasteiger partial charge in [-0.25, -0.2) is 0 Å². The maximum Gasteiger partial charge on any atom is 0.315 e. The van der Waals surface area contributed by atoms with E-state index in [-0.39, 0.29) is 11.4 Å². The van der Waals surface area contributed by atoms with Gasteiger partial charge in [0.1, 0.15) is 5.69 Å². The molecule has 26 heavy (non-hydrogen) atoms. The van der Waals surface area contributed by atoms with E-state index in [1.807, 2.05) is 6.92 Å². The van der Waals surface area contributed by atoms with Crippen LogP contribution in [0, 0.1) is 10.1 Å². The van der Waals surface area contributed by atoms with Crippen LogP contribution in [0.2, 0.25) is 0 Å². The number of piperidine rings is 1. The number of hydrogen-bond acceptors (Lipinski definition) is 6. The lowest BCUT2D eigenvalue weighted by Gasteiger charge is -2.40. The molecule has 0 unspecified atom stereocenters. The molecule has 0 spiro atoms. The number of benzene rings is 1. The van der Waals surface area contributed by atoms with Crippen LogP contribution in [0.1, 0.15) is 37.8 Å². The summed E-state index contributed by atoms with van der Waals surface area (Å²) in [4.78, 5) is 13.5. The zero-order chi connectivity index (χ0) is 18.3. The minimum Gasteiger partial charge on any atom is -0.493 e. The van der Waals surface area contributed by atoms with Crippen LogP contribution >= 0.6 is 0 Å². The number of methoxy groups -OCH3 is 1.